The molecule has 0 amide bonds. The Kier molecular flexibility index (Phi) is 7.25. The molecule has 0 aromatic carbocycles. The highest BCUT2D eigenvalue weighted by atomic mass is 28.3. The molecule has 0 saturated heterocycles. The summed E-state index contributed by atoms with van der Waals surface area (Å²) < 4.78 is 0. The van der Waals surface area contributed by atoms with E-state index in [0.29, 0.717) is 0 Å². The SMILES string of the molecule is C=C(CCCCCCC)C[Si](C)(C)C. The number of allylic oxidation sites excluding steroid dienone is 1. The Bertz CT molecular complexity index is 153. The van der Waals surface area contributed by atoms with Gasteiger partial charge in [0, 0.05) is 8.07 Å². The maximum atomic E-state index is 4.19. The predicted molar refractivity (Wildman–Crippen MR) is 70.7 cm³/mol. The minimum atomic E-state index is -0.895. The summed E-state index contributed by atoms with van der Waals surface area (Å²) in [6.07, 6.45) is 8.20. The van der Waals surface area contributed by atoms with Gasteiger partial charge in [-0.15, -0.1) is 6.58 Å². The molecule has 0 atom stereocenters. The summed E-state index contributed by atoms with van der Waals surface area (Å²) in [5.41, 5.74) is 1.50. The van der Waals surface area contributed by atoms with E-state index in [-0.39, 0.29) is 0 Å². The summed E-state index contributed by atoms with van der Waals surface area (Å²) >= 11 is 0. The summed E-state index contributed by atoms with van der Waals surface area (Å²) in [4.78, 5) is 0. The van der Waals surface area contributed by atoms with Crippen molar-refractivity contribution in [2.75, 3.05) is 0 Å². The number of unbranched alkanes of at least 4 members (excludes halogenated alkanes) is 4. The highest BCUT2D eigenvalue weighted by molar-refractivity contribution is 6.76. The number of hydrogen-bond acceptors (Lipinski definition) is 0. The van der Waals surface area contributed by atoms with Gasteiger partial charge in [-0.2, -0.15) is 0 Å². The molecule has 0 radical (unpaired) electrons. The lowest BCUT2D eigenvalue weighted by Gasteiger charge is -2.17. The Morgan fingerprint density at radius 2 is 1.57 bits per heavy atom. The standard InChI is InChI=1S/C13H28Si/c1-6-7-8-9-10-11-13(2)12-14(3,4)5/h2,6-12H2,1,3-5H3. The molecule has 0 fully saturated rings. The lowest BCUT2D eigenvalue weighted by atomic mass is 10.1. The van der Waals surface area contributed by atoms with Crippen LogP contribution in [0, 0.1) is 0 Å². The molecule has 0 spiro atoms. The van der Waals surface area contributed by atoms with Crippen LogP contribution in [0.3, 0.4) is 0 Å². The van der Waals surface area contributed by atoms with Crippen molar-refractivity contribution in [3.63, 3.8) is 0 Å². The van der Waals surface area contributed by atoms with Gasteiger partial charge in [0.25, 0.3) is 0 Å². The van der Waals surface area contributed by atoms with Gasteiger partial charge in [0.2, 0.25) is 0 Å². The molecule has 0 nitrogen and oxygen atoms in total. The fourth-order valence-corrected chi connectivity index (χ4v) is 3.49. The second kappa shape index (κ2) is 7.28. The largest absolute Gasteiger partial charge is 0.100 e. The first kappa shape index (κ1) is 14.0. The molecule has 0 aliphatic rings. The zero-order valence-electron chi connectivity index (χ0n) is 10.7. The third-order valence-corrected chi connectivity index (χ3v) is 3.97. The smallest absolute Gasteiger partial charge is 0.0483 e. The van der Waals surface area contributed by atoms with Crippen molar-refractivity contribution >= 4 is 8.07 Å². The van der Waals surface area contributed by atoms with E-state index in [2.05, 4.69) is 33.1 Å². The van der Waals surface area contributed by atoms with Crippen molar-refractivity contribution < 1.29 is 0 Å². The highest BCUT2D eigenvalue weighted by Crippen LogP contribution is 2.19. The van der Waals surface area contributed by atoms with Gasteiger partial charge in [-0.25, -0.2) is 0 Å². The van der Waals surface area contributed by atoms with Crippen LogP contribution in [0.4, 0.5) is 0 Å². The molecule has 0 aliphatic carbocycles. The van der Waals surface area contributed by atoms with E-state index in [9.17, 15) is 0 Å². The molecule has 84 valence electrons. The van der Waals surface area contributed by atoms with Gasteiger partial charge in [0.05, 0.1) is 0 Å². The molecule has 0 aromatic heterocycles. The zero-order valence-corrected chi connectivity index (χ0v) is 11.7. The maximum Gasteiger partial charge on any atom is 0.0483 e. The molecule has 0 N–H and O–H groups in total. The Morgan fingerprint density at radius 1 is 1.00 bits per heavy atom. The highest BCUT2D eigenvalue weighted by Gasteiger charge is 2.13. The molecule has 1 heteroatoms. The van der Waals surface area contributed by atoms with Crippen LogP contribution < -0.4 is 0 Å². The Labute approximate surface area is 91.8 Å². The summed E-state index contributed by atoms with van der Waals surface area (Å²) in [6, 6.07) is 1.32. The zero-order chi connectivity index (χ0) is 11.0. The predicted octanol–water partition coefficient (Wildman–Crippen LogP) is 5.24. The molecule has 0 aliphatic heterocycles. The summed E-state index contributed by atoms with van der Waals surface area (Å²) in [6.45, 7) is 13.7. The Balaban J connectivity index is 3.36. The summed E-state index contributed by atoms with van der Waals surface area (Å²) in [5, 5.41) is 0. The number of rotatable bonds is 8. The molecular formula is C13H28Si. The van der Waals surface area contributed by atoms with Crippen LogP contribution >= 0.6 is 0 Å². The van der Waals surface area contributed by atoms with Gasteiger partial charge in [0.1, 0.15) is 0 Å². The minimum Gasteiger partial charge on any atom is -0.100 e. The van der Waals surface area contributed by atoms with Crippen LogP contribution in [0.2, 0.25) is 25.7 Å². The first-order valence-corrected chi connectivity index (χ1v) is 9.83. The first-order valence-electron chi connectivity index (χ1n) is 6.12. The summed E-state index contributed by atoms with van der Waals surface area (Å²) in [5.74, 6) is 0. The average Bonchev–Trinajstić information content (AvgIpc) is 2.00. The van der Waals surface area contributed by atoms with E-state index in [1.807, 2.05) is 0 Å². The van der Waals surface area contributed by atoms with Crippen molar-refractivity contribution in [3.05, 3.63) is 12.2 Å². The molecule has 0 aromatic rings. The van der Waals surface area contributed by atoms with Gasteiger partial charge in [-0.1, -0.05) is 57.8 Å². The fraction of sp³-hybridized carbons (Fsp3) is 0.846. The molecule has 0 unspecified atom stereocenters. The second-order valence-electron chi connectivity index (χ2n) is 5.65. The van der Waals surface area contributed by atoms with Crippen LogP contribution in [-0.4, -0.2) is 8.07 Å². The van der Waals surface area contributed by atoms with Crippen molar-refractivity contribution in [2.45, 2.75) is 71.1 Å². The molecule has 0 saturated carbocycles. The minimum absolute atomic E-state index is 0.895. The van der Waals surface area contributed by atoms with Gasteiger partial charge >= 0.3 is 0 Å². The van der Waals surface area contributed by atoms with Crippen LogP contribution in [0.5, 0.6) is 0 Å². The monoisotopic (exact) mass is 212 g/mol. The molecule has 14 heavy (non-hydrogen) atoms. The maximum absolute atomic E-state index is 4.19. The lowest BCUT2D eigenvalue weighted by molar-refractivity contribution is 0.630. The van der Waals surface area contributed by atoms with Crippen LogP contribution in [0.1, 0.15) is 45.4 Å². The van der Waals surface area contributed by atoms with E-state index in [1.54, 1.807) is 0 Å². The van der Waals surface area contributed by atoms with Crippen LogP contribution in [0.15, 0.2) is 12.2 Å². The van der Waals surface area contributed by atoms with Gasteiger partial charge < -0.3 is 0 Å². The van der Waals surface area contributed by atoms with E-state index in [1.165, 1.54) is 50.1 Å². The fourth-order valence-electron chi connectivity index (χ4n) is 1.82. The second-order valence-corrected chi connectivity index (χ2v) is 11.1. The van der Waals surface area contributed by atoms with Gasteiger partial charge in [-0.3, -0.25) is 0 Å². The first-order chi connectivity index (χ1) is 6.45. The lowest BCUT2D eigenvalue weighted by Crippen LogP contribution is -2.19. The van der Waals surface area contributed by atoms with Crippen molar-refractivity contribution in [2.24, 2.45) is 0 Å². The normalized spacial score (nSPS) is 11.7. The van der Waals surface area contributed by atoms with Crippen LogP contribution in [0.25, 0.3) is 0 Å². The third kappa shape index (κ3) is 10.0. The molecule has 0 heterocycles. The Morgan fingerprint density at radius 3 is 2.07 bits per heavy atom. The topological polar surface area (TPSA) is 0 Å². The molecule has 0 rings (SSSR count). The van der Waals surface area contributed by atoms with Crippen molar-refractivity contribution in [1.29, 1.82) is 0 Å². The van der Waals surface area contributed by atoms with Gasteiger partial charge in [-0.05, 0) is 18.9 Å². The quantitative estimate of drug-likeness (QED) is 0.293. The van der Waals surface area contributed by atoms with Gasteiger partial charge in [0.15, 0.2) is 0 Å². The third-order valence-electron chi connectivity index (χ3n) is 2.41. The van der Waals surface area contributed by atoms with Crippen molar-refractivity contribution in [3.8, 4) is 0 Å². The van der Waals surface area contributed by atoms with E-state index >= 15 is 0 Å². The molecular weight excluding hydrogens is 184 g/mol. The molecule has 0 bridgehead atoms. The van der Waals surface area contributed by atoms with E-state index in [4.69, 9.17) is 0 Å². The van der Waals surface area contributed by atoms with Crippen LogP contribution in [-0.2, 0) is 0 Å². The van der Waals surface area contributed by atoms with Crippen molar-refractivity contribution in [1.82, 2.24) is 0 Å². The van der Waals surface area contributed by atoms with E-state index in [0.717, 1.165) is 0 Å². The Hall–Kier alpha value is -0.0431. The summed E-state index contributed by atoms with van der Waals surface area (Å²) in [7, 11) is -0.895. The average molecular weight is 212 g/mol. The van der Waals surface area contributed by atoms with E-state index < -0.39 is 8.07 Å². The number of hydrogen-bond donors (Lipinski definition) is 0.